The van der Waals surface area contributed by atoms with Crippen LogP contribution in [0.5, 0.6) is 0 Å². The average molecular weight is 382 g/mol. The van der Waals surface area contributed by atoms with Gasteiger partial charge in [-0.15, -0.1) is 0 Å². The van der Waals surface area contributed by atoms with Gasteiger partial charge in [-0.25, -0.2) is 5.43 Å². The van der Waals surface area contributed by atoms with E-state index in [2.05, 4.69) is 27.6 Å². The van der Waals surface area contributed by atoms with Gasteiger partial charge in [0, 0.05) is 29.2 Å². The van der Waals surface area contributed by atoms with Gasteiger partial charge in [0.2, 0.25) is 0 Å². The van der Waals surface area contributed by atoms with Gasteiger partial charge in [0.25, 0.3) is 0 Å². The van der Waals surface area contributed by atoms with E-state index in [1.54, 1.807) is 30.5 Å². The third kappa shape index (κ3) is 3.83. The second-order valence-electron chi connectivity index (χ2n) is 6.73. The smallest absolute Gasteiger partial charge is 0.307 e. The third-order valence-electron chi connectivity index (χ3n) is 4.80. The van der Waals surface area contributed by atoms with Crippen LogP contribution in [0.3, 0.4) is 0 Å². The minimum absolute atomic E-state index is 0.200. The van der Waals surface area contributed by atoms with E-state index < -0.39 is 5.91 Å². The number of hydrazone groups is 1. The van der Waals surface area contributed by atoms with Gasteiger partial charge in [0.15, 0.2) is 5.76 Å². The maximum absolute atomic E-state index is 12.2. The molecule has 1 amide bonds. The van der Waals surface area contributed by atoms with E-state index in [1.807, 2.05) is 13.0 Å². The quantitative estimate of drug-likeness (QED) is 0.523. The zero-order chi connectivity index (χ0) is 18.8. The highest BCUT2D eigenvalue weighted by Gasteiger charge is 2.13. The van der Waals surface area contributed by atoms with Gasteiger partial charge in [-0.2, -0.15) is 5.10 Å². The number of furan rings is 1. The Morgan fingerprint density at radius 3 is 2.78 bits per heavy atom. The zero-order valence-electron chi connectivity index (χ0n) is 15.0. The van der Waals surface area contributed by atoms with Gasteiger partial charge in [0.1, 0.15) is 5.58 Å². The molecule has 1 aromatic heterocycles. The largest absolute Gasteiger partial charge is 0.451 e. The number of anilines is 1. The Morgan fingerprint density at radius 1 is 1.19 bits per heavy atom. The molecule has 0 saturated carbocycles. The van der Waals surface area contributed by atoms with Crippen LogP contribution in [0.1, 0.15) is 34.5 Å². The molecule has 0 spiro atoms. The number of nitrogens with one attached hydrogen (secondary N) is 1. The Balaban J connectivity index is 1.44. The van der Waals surface area contributed by atoms with Crippen LogP contribution in [0.25, 0.3) is 11.0 Å². The molecule has 0 atom stereocenters. The molecule has 3 aromatic rings. The number of carbonyl (C=O) groups is 1. The van der Waals surface area contributed by atoms with Crippen molar-refractivity contribution in [3.63, 3.8) is 0 Å². The molecule has 5 nitrogen and oxygen atoms in total. The molecule has 138 valence electrons. The molecular weight excluding hydrogens is 362 g/mol. The summed E-state index contributed by atoms with van der Waals surface area (Å²) >= 11 is 5.96. The number of fused-ring (bicyclic) bond motifs is 1. The van der Waals surface area contributed by atoms with Crippen molar-refractivity contribution >= 4 is 40.4 Å². The number of carbonyl (C=O) groups excluding carboxylic acids is 1. The highest BCUT2D eigenvalue weighted by Crippen LogP contribution is 2.24. The van der Waals surface area contributed by atoms with Gasteiger partial charge >= 0.3 is 5.91 Å². The molecule has 1 aliphatic rings. The van der Waals surface area contributed by atoms with Gasteiger partial charge in [0.05, 0.1) is 6.21 Å². The van der Waals surface area contributed by atoms with Crippen LogP contribution in [0, 0.1) is 6.92 Å². The Labute approximate surface area is 162 Å². The lowest BCUT2D eigenvalue weighted by Crippen LogP contribution is -2.18. The summed E-state index contributed by atoms with van der Waals surface area (Å²) in [6, 6.07) is 13.2. The summed E-state index contributed by atoms with van der Waals surface area (Å²) < 4.78 is 5.53. The molecule has 1 saturated heterocycles. The van der Waals surface area contributed by atoms with Gasteiger partial charge in [-0.3, -0.25) is 4.79 Å². The highest BCUT2D eigenvalue weighted by molar-refractivity contribution is 6.31. The molecule has 1 aliphatic heterocycles. The molecule has 0 bridgehead atoms. The molecule has 0 unspecified atom stereocenters. The maximum Gasteiger partial charge on any atom is 0.307 e. The monoisotopic (exact) mass is 381 g/mol. The molecule has 1 N–H and O–H groups in total. The summed E-state index contributed by atoms with van der Waals surface area (Å²) in [4.78, 5) is 14.6. The summed E-state index contributed by atoms with van der Waals surface area (Å²) in [6.07, 6.45) is 4.16. The fourth-order valence-electron chi connectivity index (χ4n) is 3.32. The molecule has 2 heterocycles. The molecule has 6 heteroatoms. The fourth-order valence-corrected chi connectivity index (χ4v) is 3.50. The van der Waals surface area contributed by atoms with Crippen LogP contribution in [-0.2, 0) is 0 Å². The highest BCUT2D eigenvalue weighted by atomic mass is 35.5. The van der Waals surface area contributed by atoms with Crippen molar-refractivity contribution in [2.24, 2.45) is 5.10 Å². The molecular formula is C21H20ClN3O2. The summed E-state index contributed by atoms with van der Waals surface area (Å²) in [6.45, 7) is 4.28. The van der Waals surface area contributed by atoms with Crippen molar-refractivity contribution in [2.45, 2.75) is 19.8 Å². The first-order chi connectivity index (χ1) is 13.1. The summed E-state index contributed by atoms with van der Waals surface area (Å²) in [5.74, 6) is -0.199. The van der Waals surface area contributed by atoms with Crippen molar-refractivity contribution in [1.82, 2.24) is 5.43 Å². The zero-order valence-corrected chi connectivity index (χ0v) is 15.8. The van der Waals surface area contributed by atoms with Crippen molar-refractivity contribution in [3.8, 4) is 0 Å². The van der Waals surface area contributed by atoms with Crippen LogP contribution < -0.4 is 10.3 Å². The number of hydrogen-bond donors (Lipinski definition) is 1. The van der Waals surface area contributed by atoms with Crippen LogP contribution >= 0.6 is 11.6 Å². The van der Waals surface area contributed by atoms with Crippen LogP contribution in [-0.4, -0.2) is 25.2 Å². The lowest BCUT2D eigenvalue weighted by molar-refractivity contribution is 0.0929. The standard InChI is InChI=1S/C21H20ClN3O2/c1-14-10-18(25-8-2-3-9-25)6-4-15(14)13-23-24-21(26)20-12-16-11-17(22)5-7-19(16)27-20/h4-7,10-13H,2-3,8-9H2,1H3,(H,24,26)/b23-13+. The van der Waals surface area contributed by atoms with Crippen molar-refractivity contribution in [2.75, 3.05) is 18.0 Å². The average Bonchev–Trinajstić information content (AvgIpc) is 3.32. The number of halogens is 1. The first kappa shape index (κ1) is 17.6. The third-order valence-corrected chi connectivity index (χ3v) is 5.03. The van der Waals surface area contributed by atoms with E-state index in [9.17, 15) is 4.79 Å². The molecule has 2 aromatic carbocycles. The second kappa shape index (κ2) is 7.45. The van der Waals surface area contributed by atoms with E-state index in [0.717, 1.165) is 29.6 Å². The Morgan fingerprint density at radius 2 is 2.00 bits per heavy atom. The topological polar surface area (TPSA) is 57.8 Å². The van der Waals surface area contributed by atoms with E-state index >= 15 is 0 Å². The molecule has 0 aliphatic carbocycles. The van der Waals surface area contributed by atoms with Crippen molar-refractivity contribution in [1.29, 1.82) is 0 Å². The predicted molar refractivity (Wildman–Crippen MR) is 109 cm³/mol. The first-order valence-corrected chi connectivity index (χ1v) is 9.36. The summed E-state index contributed by atoms with van der Waals surface area (Å²) in [5, 5.41) is 5.45. The molecule has 27 heavy (non-hydrogen) atoms. The molecule has 1 fully saturated rings. The number of hydrogen-bond acceptors (Lipinski definition) is 4. The summed E-state index contributed by atoms with van der Waals surface area (Å²) in [5.41, 5.74) is 6.46. The van der Waals surface area contributed by atoms with Crippen LogP contribution in [0.4, 0.5) is 5.69 Å². The number of benzene rings is 2. The maximum atomic E-state index is 12.2. The Hall–Kier alpha value is -2.79. The van der Waals surface area contributed by atoms with E-state index in [-0.39, 0.29) is 5.76 Å². The van der Waals surface area contributed by atoms with E-state index in [0.29, 0.717) is 10.6 Å². The number of nitrogens with zero attached hydrogens (tertiary/aromatic N) is 2. The van der Waals surface area contributed by atoms with E-state index in [4.69, 9.17) is 16.0 Å². The fraction of sp³-hybridized carbons (Fsp3) is 0.238. The number of amides is 1. The SMILES string of the molecule is Cc1cc(N2CCCC2)ccc1/C=N/NC(=O)c1cc2cc(Cl)ccc2o1. The summed E-state index contributed by atoms with van der Waals surface area (Å²) in [7, 11) is 0. The minimum Gasteiger partial charge on any atom is -0.451 e. The lowest BCUT2D eigenvalue weighted by Gasteiger charge is -2.18. The number of rotatable bonds is 4. The molecule has 0 radical (unpaired) electrons. The number of aryl methyl sites for hydroxylation is 1. The minimum atomic E-state index is -0.398. The second-order valence-corrected chi connectivity index (χ2v) is 7.16. The van der Waals surface area contributed by atoms with Crippen LogP contribution in [0.2, 0.25) is 5.02 Å². The van der Waals surface area contributed by atoms with E-state index in [1.165, 1.54) is 18.5 Å². The van der Waals surface area contributed by atoms with Gasteiger partial charge in [-0.1, -0.05) is 17.7 Å². The lowest BCUT2D eigenvalue weighted by atomic mass is 10.1. The van der Waals surface area contributed by atoms with Gasteiger partial charge < -0.3 is 9.32 Å². The molecule has 4 rings (SSSR count). The Kier molecular flexibility index (Phi) is 4.86. The predicted octanol–water partition coefficient (Wildman–Crippen LogP) is 4.76. The van der Waals surface area contributed by atoms with Crippen molar-refractivity contribution in [3.05, 3.63) is 64.4 Å². The van der Waals surface area contributed by atoms with Crippen molar-refractivity contribution < 1.29 is 9.21 Å². The normalized spacial score (nSPS) is 14.4. The van der Waals surface area contributed by atoms with Crippen LogP contribution in [0.15, 0.2) is 52.0 Å². The first-order valence-electron chi connectivity index (χ1n) is 8.98. The Bertz CT molecular complexity index is 1020. The van der Waals surface area contributed by atoms with Gasteiger partial charge in [-0.05, 0) is 67.3 Å².